The Bertz CT molecular complexity index is 706. The average molecular weight is 343 g/mol. The number of urea groups is 1. The Kier molecular flexibility index (Phi) is 4.42. The van der Waals surface area contributed by atoms with Gasteiger partial charge in [0.1, 0.15) is 0 Å². The molecule has 1 aliphatic heterocycles. The first-order valence-electron chi connectivity index (χ1n) is 9.13. The summed E-state index contributed by atoms with van der Waals surface area (Å²) in [4.78, 5) is 14.5. The lowest BCUT2D eigenvalue weighted by atomic mass is 9.98. The number of hydrogen-bond donors (Lipinski definition) is 1. The summed E-state index contributed by atoms with van der Waals surface area (Å²) in [6, 6.07) is 0.370. The Morgan fingerprint density at radius 3 is 3.04 bits per heavy atom. The second kappa shape index (κ2) is 6.85. The van der Waals surface area contributed by atoms with Crippen molar-refractivity contribution in [3.8, 4) is 0 Å². The first-order chi connectivity index (χ1) is 12.2. The molecule has 2 aromatic rings. The molecule has 2 amide bonds. The van der Waals surface area contributed by atoms with Crippen molar-refractivity contribution in [2.45, 2.75) is 45.2 Å². The van der Waals surface area contributed by atoms with Crippen molar-refractivity contribution in [1.82, 2.24) is 29.7 Å². The van der Waals surface area contributed by atoms with Crippen LogP contribution in [0, 0.1) is 11.8 Å². The third-order valence-electron chi connectivity index (χ3n) is 5.30. The molecular weight excluding hydrogens is 318 g/mol. The number of anilines is 1. The molecule has 0 aromatic carbocycles. The quantitative estimate of drug-likeness (QED) is 0.904. The molecule has 8 nitrogen and oxygen atoms in total. The standard InChI is InChI=1S/C17H25N7O/c1-13(15-4-5-15)24-12-16(9-19-24)20-17(25)22-7-2-3-14(10-22)11-23-8-6-18-21-23/h6,8-9,12-15H,2-5,7,10-11H2,1H3,(H,20,25)/t13-,14-/m0/s1. The van der Waals surface area contributed by atoms with Gasteiger partial charge in [-0.1, -0.05) is 5.21 Å². The topological polar surface area (TPSA) is 80.9 Å². The summed E-state index contributed by atoms with van der Waals surface area (Å²) in [6.07, 6.45) is 11.9. The Morgan fingerprint density at radius 2 is 2.28 bits per heavy atom. The van der Waals surface area contributed by atoms with Crippen molar-refractivity contribution < 1.29 is 4.79 Å². The molecule has 8 heteroatoms. The fourth-order valence-corrected chi connectivity index (χ4v) is 3.62. The number of nitrogens with zero attached hydrogens (tertiary/aromatic N) is 6. The number of hydrogen-bond acceptors (Lipinski definition) is 4. The van der Waals surface area contributed by atoms with Crippen LogP contribution in [0.4, 0.5) is 10.5 Å². The highest BCUT2D eigenvalue weighted by atomic mass is 16.2. The molecule has 134 valence electrons. The SMILES string of the molecule is C[C@@H](C1CC1)n1cc(NC(=O)N2CCC[C@H](Cn3ccnn3)C2)cn1. The van der Waals surface area contributed by atoms with Crippen LogP contribution >= 0.6 is 0 Å². The fourth-order valence-electron chi connectivity index (χ4n) is 3.62. The first kappa shape index (κ1) is 16.1. The summed E-state index contributed by atoms with van der Waals surface area (Å²) in [5.41, 5.74) is 0.774. The van der Waals surface area contributed by atoms with Crippen LogP contribution in [0.1, 0.15) is 38.6 Å². The van der Waals surface area contributed by atoms with E-state index in [-0.39, 0.29) is 6.03 Å². The van der Waals surface area contributed by atoms with Gasteiger partial charge in [-0.25, -0.2) is 4.79 Å². The van der Waals surface area contributed by atoms with E-state index in [1.54, 1.807) is 12.4 Å². The molecule has 1 aliphatic carbocycles. The summed E-state index contributed by atoms with van der Waals surface area (Å²) in [7, 11) is 0. The third-order valence-corrected chi connectivity index (χ3v) is 5.30. The molecule has 1 N–H and O–H groups in total. The van der Waals surface area contributed by atoms with E-state index in [1.807, 2.05) is 26.7 Å². The second-order valence-electron chi connectivity index (χ2n) is 7.30. The molecule has 2 fully saturated rings. The maximum atomic E-state index is 12.6. The van der Waals surface area contributed by atoms with Crippen LogP contribution in [0.15, 0.2) is 24.8 Å². The molecule has 4 rings (SSSR count). The van der Waals surface area contributed by atoms with Gasteiger partial charge in [0.2, 0.25) is 0 Å². The minimum Gasteiger partial charge on any atom is -0.324 e. The van der Waals surface area contributed by atoms with Gasteiger partial charge in [-0.3, -0.25) is 9.36 Å². The van der Waals surface area contributed by atoms with E-state index in [4.69, 9.17) is 0 Å². The molecule has 3 heterocycles. The number of carbonyl (C=O) groups is 1. The Balaban J connectivity index is 1.32. The van der Waals surface area contributed by atoms with E-state index in [0.29, 0.717) is 12.0 Å². The molecule has 1 saturated carbocycles. The van der Waals surface area contributed by atoms with Crippen molar-refractivity contribution in [2.75, 3.05) is 18.4 Å². The van der Waals surface area contributed by atoms with Crippen molar-refractivity contribution in [1.29, 1.82) is 0 Å². The average Bonchev–Trinajstić information content (AvgIpc) is 3.15. The second-order valence-corrected chi connectivity index (χ2v) is 7.30. The number of carbonyl (C=O) groups excluding carboxylic acids is 1. The monoisotopic (exact) mass is 343 g/mol. The van der Waals surface area contributed by atoms with E-state index < -0.39 is 0 Å². The number of nitrogens with one attached hydrogen (secondary N) is 1. The molecule has 0 bridgehead atoms. The smallest absolute Gasteiger partial charge is 0.321 e. The highest BCUT2D eigenvalue weighted by molar-refractivity contribution is 5.89. The van der Waals surface area contributed by atoms with Gasteiger partial charge in [0.25, 0.3) is 0 Å². The Hall–Kier alpha value is -2.38. The van der Waals surface area contributed by atoms with Crippen molar-refractivity contribution in [2.24, 2.45) is 11.8 Å². The minimum absolute atomic E-state index is 0.0399. The number of amides is 2. The van der Waals surface area contributed by atoms with Crippen molar-refractivity contribution in [3.63, 3.8) is 0 Å². The van der Waals surface area contributed by atoms with Gasteiger partial charge >= 0.3 is 6.03 Å². The van der Waals surface area contributed by atoms with E-state index in [2.05, 4.69) is 27.7 Å². The zero-order valence-corrected chi connectivity index (χ0v) is 14.6. The van der Waals surface area contributed by atoms with Gasteiger partial charge < -0.3 is 10.2 Å². The summed E-state index contributed by atoms with van der Waals surface area (Å²) >= 11 is 0. The lowest BCUT2D eigenvalue weighted by molar-refractivity contribution is 0.168. The molecule has 2 aliphatic rings. The van der Waals surface area contributed by atoms with E-state index in [9.17, 15) is 4.79 Å². The predicted molar refractivity (Wildman–Crippen MR) is 93.0 cm³/mol. The number of aromatic nitrogens is 5. The van der Waals surface area contributed by atoms with E-state index in [0.717, 1.165) is 44.1 Å². The van der Waals surface area contributed by atoms with Crippen LogP contribution in [0.25, 0.3) is 0 Å². The normalized spacial score (nSPS) is 22.0. The highest BCUT2D eigenvalue weighted by Gasteiger charge is 2.30. The van der Waals surface area contributed by atoms with Gasteiger partial charge in [0.05, 0.1) is 24.1 Å². The zero-order chi connectivity index (χ0) is 17.2. The highest BCUT2D eigenvalue weighted by Crippen LogP contribution is 2.39. The van der Waals surface area contributed by atoms with Gasteiger partial charge in [-0.05, 0) is 44.4 Å². The largest absolute Gasteiger partial charge is 0.324 e. The lowest BCUT2D eigenvalue weighted by Crippen LogP contribution is -2.43. The Morgan fingerprint density at radius 1 is 1.40 bits per heavy atom. The summed E-state index contributed by atoms with van der Waals surface area (Å²) in [5.74, 6) is 1.15. The molecule has 0 unspecified atom stereocenters. The number of piperidine rings is 1. The Labute approximate surface area is 147 Å². The summed E-state index contributed by atoms with van der Waals surface area (Å²) in [5, 5.41) is 15.3. The minimum atomic E-state index is -0.0399. The van der Waals surface area contributed by atoms with Gasteiger partial charge in [0.15, 0.2) is 0 Å². The predicted octanol–water partition coefficient (Wildman–Crippen LogP) is 2.39. The molecule has 2 atom stereocenters. The maximum absolute atomic E-state index is 12.6. The summed E-state index contributed by atoms with van der Waals surface area (Å²) in [6.45, 7) is 4.54. The molecule has 0 radical (unpaired) electrons. The van der Waals surface area contributed by atoms with Crippen LogP contribution in [0.5, 0.6) is 0 Å². The lowest BCUT2D eigenvalue weighted by Gasteiger charge is -2.32. The van der Waals surface area contributed by atoms with Crippen LogP contribution in [-0.4, -0.2) is 48.8 Å². The summed E-state index contributed by atoms with van der Waals surface area (Å²) < 4.78 is 3.81. The molecule has 1 saturated heterocycles. The first-order valence-corrected chi connectivity index (χ1v) is 9.13. The fraction of sp³-hybridized carbons (Fsp3) is 0.647. The van der Waals surface area contributed by atoms with E-state index >= 15 is 0 Å². The van der Waals surface area contributed by atoms with Gasteiger partial charge in [-0.15, -0.1) is 5.10 Å². The van der Waals surface area contributed by atoms with Crippen LogP contribution < -0.4 is 5.32 Å². The molecule has 25 heavy (non-hydrogen) atoms. The van der Waals surface area contributed by atoms with Crippen LogP contribution in [0.2, 0.25) is 0 Å². The van der Waals surface area contributed by atoms with Crippen LogP contribution in [0.3, 0.4) is 0 Å². The maximum Gasteiger partial charge on any atom is 0.321 e. The zero-order valence-electron chi connectivity index (χ0n) is 14.6. The van der Waals surface area contributed by atoms with Crippen LogP contribution in [-0.2, 0) is 6.54 Å². The number of rotatable bonds is 5. The van der Waals surface area contributed by atoms with Gasteiger partial charge in [0, 0.05) is 32.0 Å². The number of likely N-dealkylation sites (tertiary alicyclic amines) is 1. The van der Waals surface area contributed by atoms with Crippen molar-refractivity contribution >= 4 is 11.7 Å². The molecule has 0 spiro atoms. The molecular formula is C17H25N7O. The third kappa shape index (κ3) is 3.83. The van der Waals surface area contributed by atoms with Crippen molar-refractivity contribution in [3.05, 3.63) is 24.8 Å². The van der Waals surface area contributed by atoms with E-state index in [1.165, 1.54) is 12.8 Å². The van der Waals surface area contributed by atoms with Gasteiger partial charge in [-0.2, -0.15) is 5.10 Å². The molecule has 2 aromatic heterocycles.